The Morgan fingerprint density at radius 2 is 1.95 bits per heavy atom. The number of likely N-dealkylation sites (N-methyl/N-ethyl adjacent to an activating group) is 1. The molecule has 3 unspecified atom stereocenters. The van der Waals surface area contributed by atoms with Crippen LogP contribution in [0.2, 0.25) is 0 Å². The molecule has 5 nitrogen and oxygen atoms in total. The highest BCUT2D eigenvalue weighted by Crippen LogP contribution is 2.30. The first-order valence-electron chi connectivity index (χ1n) is 8.36. The standard InChI is InChI=1S/C15H31N3O2S/c1-13-7-6-9-14(11-13)17(3)21(19,20)18-10-5-4-8-15(18)12-16-2/h13-16H,4-12H2,1-3H3. The van der Waals surface area contributed by atoms with E-state index in [1.807, 2.05) is 7.05 Å². The zero-order chi connectivity index (χ0) is 15.5. The topological polar surface area (TPSA) is 52.7 Å². The zero-order valence-electron chi connectivity index (χ0n) is 13.7. The molecule has 21 heavy (non-hydrogen) atoms. The van der Waals surface area contributed by atoms with Crippen LogP contribution in [0, 0.1) is 5.92 Å². The van der Waals surface area contributed by atoms with Crippen molar-refractivity contribution in [3.05, 3.63) is 0 Å². The van der Waals surface area contributed by atoms with E-state index in [9.17, 15) is 8.42 Å². The third kappa shape index (κ3) is 3.97. The first-order chi connectivity index (χ1) is 9.96. The van der Waals surface area contributed by atoms with Crippen molar-refractivity contribution in [1.29, 1.82) is 0 Å². The minimum absolute atomic E-state index is 0.109. The predicted molar refractivity (Wildman–Crippen MR) is 86.4 cm³/mol. The van der Waals surface area contributed by atoms with Gasteiger partial charge in [-0.05, 0) is 38.6 Å². The van der Waals surface area contributed by atoms with Crippen LogP contribution in [0.5, 0.6) is 0 Å². The van der Waals surface area contributed by atoms with Gasteiger partial charge in [0, 0.05) is 32.2 Å². The van der Waals surface area contributed by atoms with Gasteiger partial charge in [-0.25, -0.2) is 0 Å². The van der Waals surface area contributed by atoms with Crippen molar-refractivity contribution in [2.45, 2.75) is 64.0 Å². The molecule has 0 spiro atoms. The van der Waals surface area contributed by atoms with Crippen LogP contribution in [0.4, 0.5) is 0 Å². The Labute approximate surface area is 130 Å². The Hall–Kier alpha value is -0.170. The summed E-state index contributed by atoms with van der Waals surface area (Å²) in [7, 11) is 0.346. The normalized spacial score (nSPS) is 32.5. The molecule has 0 radical (unpaired) electrons. The van der Waals surface area contributed by atoms with Crippen LogP contribution >= 0.6 is 0 Å². The van der Waals surface area contributed by atoms with E-state index >= 15 is 0 Å². The summed E-state index contributed by atoms with van der Waals surface area (Å²) < 4.78 is 29.4. The van der Waals surface area contributed by atoms with Crippen LogP contribution in [-0.2, 0) is 10.2 Å². The number of rotatable bonds is 5. The largest absolute Gasteiger partial charge is 0.318 e. The molecule has 1 saturated heterocycles. The van der Waals surface area contributed by atoms with E-state index in [4.69, 9.17) is 0 Å². The Kier molecular flexibility index (Phi) is 6.05. The van der Waals surface area contributed by atoms with Gasteiger partial charge in [-0.1, -0.05) is 26.2 Å². The average molecular weight is 317 g/mol. The smallest absolute Gasteiger partial charge is 0.282 e. The molecule has 0 bridgehead atoms. The van der Waals surface area contributed by atoms with Crippen LogP contribution in [0.1, 0.15) is 51.9 Å². The van der Waals surface area contributed by atoms with E-state index < -0.39 is 10.2 Å². The van der Waals surface area contributed by atoms with E-state index in [1.54, 1.807) is 15.7 Å². The number of piperidine rings is 1. The van der Waals surface area contributed by atoms with E-state index in [2.05, 4.69) is 12.2 Å². The van der Waals surface area contributed by atoms with E-state index in [-0.39, 0.29) is 12.1 Å². The minimum atomic E-state index is -3.33. The second kappa shape index (κ2) is 7.40. The highest BCUT2D eigenvalue weighted by atomic mass is 32.2. The highest BCUT2D eigenvalue weighted by Gasteiger charge is 2.38. The summed E-state index contributed by atoms with van der Waals surface area (Å²) in [5.74, 6) is 0.635. The molecule has 2 fully saturated rings. The van der Waals surface area contributed by atoms with Crippen molar-refractivity contribution < 1.29 is 8.42 Å². The van der Waals surface area contributed by atoms with Crippen LogP contribution in [0.15, 0.2) is 0 Å². The molecule has 1 saturated carbocycles. The van der Waals surface area contributed by atoms with Crippen molar-refractivity contribution in [3.63, 3.8) is 0 Å². The maximum absolute atomic E-state index is 13.0. The van der Waals surface area contributed by atoms with Crippen molar-refractivity contribution >= 4 is 10.2 Å². The van der Waals surface area contributed by atoms with Gasteiger partial charge in [0.25, 0.3) is 10.2 Å². The molecule has 0 aromatic rings. The van der Waals surface area contributed by atoms with Crippen molar-refractivity contribution in [1.82, 2.24) is 13.9 Å². The first-order valence-corrected chi connectivity index (χ1v) is 9.76. The lowest BCUT2D eigenvalue weighted by Gasteiger charge is -2.40. The van der Waals surface area contributed by atoms with E-state index in [1.165, 1.54) is 6.42 Å². The lowest BCUT2D eigenvalue weighted by Crippen LogP contribution is -2.54. The summed E-state index contributed by atoms with van der Waals surface area (Å²) in [6.45, 7) is 3.65. The van der Waals surface area contributed by atoms with Crippen LogP contribution in [0.25, 0.3) is 0 Å². The molecule has 0 amide bonds. The fourth-order valence-corrected chi connectivity index (χ4v) is 5.62. The van der Waals surface area contributed by atoms with Crippen LogP contribution < -0.4 is 5.32 Å². The van der Waals surface area contributed by atoms with E-state index in [0.717, 1.165) is 45.1 Å². The van der Waals surface area contributed by atoms with Gasteiger partial charge in [0.2, 0.25) is 0 Å². The SMILES string of the molecule is CNCC1CCCCN1S(=O)(=O)N(C)C1CCCC(C)C1. The molecular formula is C15H31N3O2S. The second-order valence-electron chi connectivity index (χ2n) is 6.77. The average Bonchev–Trinajstić information content (AvgIpc) is 2.47. The van der Waals surface area contributed by atoms with Crippen molar-refractivity contribution in [2.24, 2.45) is 5.92 Å². The Bertz CT molecular complexity index is 425. The Balaban J connectivity index is 2.11. The van der Waals surface area contributed by atoms with Gasteiger partial charge in [-0.3, -0.25) is 0 Å². The van der Waals surface area contributed by atoms with Gasteiger partial charge in [-0.15, -0.1) is 0 Å². The maximum Gasteiger partial charge on any atom is 0.282 e. The molecule has 0 aromatic carbocycles. The summed E-state index contributed by atoms with van der Waals surface area (Å²) in [6, 6.07) is 0.285. The van der Waals surface area contributed by atoms with Gasteiger partial charge in [0.05, 0.1) is 0 Å². The lowest BCUT2D eigenvalue weighted by molar-refractivity contribution is 0.197. The van der Waals surface area contributed by atoms with Gasteiger partial charge >= 0.3 is 0 Å². The Morgan fingerprint density at radius 3 is 2.62 bits per heavy atom. The number of nitrogens with zero attached hydrogens (tertiary/aromatic N) is 2. The van der Waals surface area contributed by atoms with Gasteiger partial charge in [-0.2, -0.15) is 17.0 Å². The highest BCUT2D eigenvalue weighted by molar-refractivity contribution is 7.86. The molecule has 1 aliphatic heterocycles. The molecule has 1 N–H and O–H groups in total. The van der Waals surface area contributed by atoms with Gasteiger partial charge in [0.1, 0.15) is 0 Å². The minimum Gasteiger partial charge on any atom is -0.318 e. The molecule has 124 valence electrons. The van der Waals surface area contributed by atoms with Crippen LogP contribution in [0.3, 0.4) is 0 Å². The molecule has 1 heterocycles. The van der Waals surface area contributed by atoms with Gasteiger partial charge < -0.3 is 5.32 Å². The predicted octanol–water partition coefficient (Wildman–Crippen LogP) is 1.82. The molecule has 2 rings (SSSR count). The third-order valence-electron chi connectivity index (χ3n) is 5.10. The molecule has 6 heteroatoms. The number of hydrogen-bond donors (Lipinski definition) is 1. The van der Waals surface area contributed by atoms with E-state index in [0.29, 0.717) is 12.5 Å². The fraction of sp³-hybridized carbons (Fsp3) is 1.00. The Morgan fingerprint density at radius 1 is 1.19 bits per heavy atom. The summed E-state index contributed by atoms with van der Waals surface area (Å²) in [6.07, 6.45) is 7.46. The van der Waals surface area contributed by atoms with Crippen LogP contribution in [-0.4, -0.2) is 56.3 Å². The molecule has 3 atom stereocenters. The van der Waals surface area contributed by atoms with Crippen molar-refractivity contribution in [3.8, 4) is 0 Å². The third-order valence-corrected chi connectivity index (χ3v) is 7.20. The maximum atomic E-state index is 13.0. The zero-order valence-corrected chi connectivity index (χ0v) is 14.5. The summed E-state index contributed by atoms with van der Waals surface area (Å²) in [5, 5.41) is 3.14. The number of hydrogen-bond acceptors (Lipinski definition) is 3. The second-order valence-corrected chi connectivity index (χ2v) is 8.71. The summed E-state index contributed by atoms with van der Waals surface area (Å²) >= 11 is 0. The molecular weight excluding hydrogens is 286 g/mol. The number of nitrogens with one attached hydrogen (secondary N) is 1. The molecule has 0 aromatic heterocycles. The molecule has 2 aliphatic rings. The van der Waals surface area contributed by atoms with Crippen molar-refractivity contribution in [2.75, 3.05) is 27.2 Å². The monoisotopic (exact) mass is 317 g/mol. The summed E-state index contributed by atoms with van der Waals surface area (Å²) in [5.41, 5.74) is 0. The quantitative estimate of drug-likeness (QED) is 0.841. The lowest BCUT2D eigenvalue weighted by atomic mass is 9.87. The first kappa shape index (κ1) is 17.2. The molecule has 1 aliphatic carbocycles. The van der Waals surface area contributed by atoms with Gasteiger partial charge in [0.15, 0.2) is 0 Å². The summed E-state index contributed by atoms with van der Waals surface area (Å²) in [4.78, 5) is 0. The fourth-order valence-electron chi connectivity index (χ4n) is 3.80.